The second-order valence-corrected chi connectivity index (χ2v) is 5.28. The van der Waals surface area contributed by atoms with E-state index in [1.165, 1.54) is 0 Å². The summed E-state index contributed by atoms with van der Waals surface area (Å²) in [7, 11) is 3.12. The molecule has 2 aromatic carbocycles. The van der Waals surface area contributed by atoms with E-state index in [1.807, 2.05) is 24.3 Å². The number of hydrogen-bond acceptors (Lipinski definition) is 4. The van der Waals surface area contributed by atoms with Crippen molar-refractivity contribution in [3.8, 4) is 17.2 Å². The number of carbonyl (C=O) groups is 1. The fraction of sp³-hybridized carbons (Fsp3) is 0.316. The number of rotatable bonds is 7. The fourth-order valence-corrected chi connectivity index (χ4v) is 2.29. The van der Waals surface area contributed by atoms with Crippen molar-refractivity contribution in [2.45, 2.75) is 26.4 Å². The molecule has 128 valence electrons. The third-order valence-corrected chi connectivity index (χ3v) is 3.69. The van der Waals surface area contributed by atoms with Crippen LogP contribution in [0.2, 0.25) is 0 Å². The summed E-state index contributed by atoms with van der Waals surface area (Å²) in [5.74, 6) is 1.67. The average Bonchev–Trinajstić information content (AvgIpc) is 2.62. The number of ether oxygens (including phenoxy) is 3. The van der Waals surface area contributed by atoms with Crippen molar-refractivity contribution in [2.24, 2.45) is 0 Å². The maximum absolute atomic E-state index is 12.4. The molecule has 0 bridgehead atoms. The quantitative estimate of drug-likeness (QED) is 0.842. The van der Waals surface area contributed by atoms with Crippen LogP contribution in [0.1, 0.15) is 19.4 Å². The molecule has 0 aromatic heterocycles. The van der Waals surface area contributed by atoms with Crippen molar-refractivity contribution < 1.29 is 19.0 Å². The minimum absolute atomic E-state index is 0.246. The number of hydrogen-bond donors (Lipinski definition) is 1. The Balaban J connectivity index is 2.09. The summed E-state index contributed by atoms with van der Waals surface area (Å²) in [4.78, 5) is 12.4. The molecule has 2 aromatic rings. The minimum Gasteiger partial charge on any atom is -0.497 e. The van der Waals surface area contributed by atoms with Gasteiger partial charge in [0.1, 0.15) is 17.2 Å². The Bertz CT molecular complexity index is 700. The maximum atomic E-state index is 12.4. The van der Waals surface area contributed by atoms with Crippen LogP contribution in [0.15, 0.2) is 42.5 Å². The van der Waals surface area contributed by atoms with Crippen LogP contribution in [0, 0.1) is 0 Å². The third-order valence-electron chi connectivity index (χ3n) is 3.69. The van der Waals surface area contributed by atoms with Gasteiger partial charge >= 0.3 is 0 Å². The molecule has 1 atom stereocenters. The van der Waals surface area contributed by atoms with Crippen molar-refractivity contribution in [3.05, 3.63) is 48.0 Å². The highest BCUT2D eigenvalue weighted by molar-refractivity contribution is 5.95. The highest BCUT2D eigenvalue weighted by Gasteiger charge is 2.18. The van der Waals surface area contributed by atoms with Crippen molar-refractivity contribution >= 4 is 11.6 Å². The lowest BCUT2D eigenvalue weighted by atomic mass is 10.1. The number of anilines is 1. The Morgan fingerprint density at radius 3 is 2.50 bits per heavy atom. The molecule has 0 aliphatic rings. The lowest BCUT2D eigenvalue weighted by molar-refractivity contribution is -0.122. The number of benzene rings is 2. The predicted molar refractivity (Wildman–Crippen MR) is 94.1 cm³/mol. The molecule has 5 nitrogen and oxygen atoms in total. The zero-order valence-electron chi connectivity index (χ0n) is 14.5. The predicted octanol–water partition coefficient (Wildman–Crippen LogP) is 3.67. The molecule has 0 radical (unpaired) electrons. The molecule has 1 N–H and O–H groups in total. The summed E-state index contributed by atoms with van der Waals surface area (Å²) in [6.45, 7) is 3.77. The number of amides is 1. The van der Waals surface area contributed by atoms with Gasteiger partial charge in [0, 0.05) is 6.07 Å². The summed E-state index contributed by atoms with van der Waals surface area (Å²) in [5.41, 5.74) is 1.64. The Hall–Kier alpha value is -2.69. The first kappa shape index (κ1) is 17.7. The molecule has 1 amide bonds. The zero-order valence-corrected chi connectivity index (χ0v) is 14.5. The topological polar surface area (TPSA) is 56.8 Å². The first-order valence-electron chi connectivity index (χ1n) is 7.86. The zero-order chi connectivity index (χ0) is 17.5. The number of nitrogens with one attached hydrogen (secondary N) is 1. The first-order valence-corrected chi connectivity index (χ1v) is 7.86. The van der Waals surface area contributed by atoms with Gasteiger partial charge in [-0.2, -0.15) is 0 Å². The standard InChI is InChI=1S/C19H23NO4/c1-5-14-8-6-7-9-17(14)24-13(2)19(21)20-16-11-10-15(22-3)12-18(16)23-4/h6-13H,5H2,1-4H3,(H,20,21)/t13-/m1/s1. The average molecular weight is 329 g/mol. The van der Waals surface area contributed by atoms with Crippen LogP contribution in [0.5, 0.6) is 17.2 Å². The molecule has 0 aliphatic heterocycles. The van der Waals surface area contributed by atoms with Gasteiger partial charge in [-0.1, -0.05) is 25.1 Å². The van der Waals surface area contributed by atoms with Gasteiger partial charge in [0.15, 0.2) is 6.10 Å². The van der Waals surface area contributed by atoms with Crippen LogP contribution in [-0.2, 0) is 11.2 Å². The van der Waals surface area contributed by atoms with E-state index in [0.717, 1.165) is 17.7 Å². The van der Waals surface area contributed by atoms with Gasteiger partial charge in [0.05, 0.1) is 19.9 Å². The highest BCUT2D eigenvalue weighted by atomic mass is 16.5. The summed E-state index contributed by atoms with van der Waals surface area (Å²) in [6, 6.07) is 12.9. The van der Waals surface area contributed by atoms with E-state index in [-0.39, 0.29) is 5.91 Å². The lowest BCUT2D eigenvalue weighted by Gasteiger charge is -2.18. The van der Waals surface area contributed by atoms with Crippen LogP contribution in [-0.4, -0.2) is 26.2 Å². The molecular formula is C19H23NO4. The van der Waals surface area contributed by atoms with Crippen molar-refractivity contribution in [3.63, 3.8) is 0 Å². The van der Waals surface area contributed by atoms with E-state index in [9.17, 15) is 4.79 Å². The number of para-hydroxylation sites is 1. The van der Waals surface area contributed by atoms with Gasteiger partial charge in [-0.25, -0.2) is 0 Å². The van der Waals surface area contributed by atoms with E-state index < -0.39 is 6.10 Å². The molecule has 0 aliphatic carbocycles. The van der Waals surface area contributed by atoms with E-state index in [0.29, 0.717) is 17.2 Å². The van der Waals surface area contributed by atoms with Gasteiger partial charge in [0.25, 0.3) is 5.91 Å². The van der Waals surface area contributed by atoms with E-state index >= 15 is 0 Å². The van der Waals surface area contributed by atoms with Crippen LogP contribution in [0.3, 0.4) is 0 Å². The molecule has 0 heterocycles. The largest absolute Gasteiger partial charge is 0.497 e. The SMILES string of the molecule is CCc1ccccc1O[C@H](C)C(=O)Nc1ccc(OC)cc1OC. The fourth-order valence-electron chi connectivity index (χ4n) is 2.29. The van der Waals surface area contributed by atoms with Gasteiger partial charge < -0.3 is 19.5 Å². The van der Waals surface area contributed by atoms with Crippen molar-refractivity contribution in [1.29, 1.82) is 0 Å². The lowest BCUT2D eigenvalue weighted by Crippen LogP contribution is -2.30. The first-order chi connectivity index (χ1) is 11.6. The molecule has 24 heavy (non-hydrogen) atoms. The molecule has 0 saturated heterocycles. The van der Waals surface area contributed by atoms with E-state index in [4.69, 9.17) is 14.2 Å². The molecule has 0 fully saturated rings. The summed E-state index contributed by atoms with van der Waals surface area (Å²) in [5, 5.41) is 2.83. The Kier molecular flexibility index (Phi) is 6.07. The molecule has 0 saturated carbocycles. The molecular weight excluding hydrogens is 306 g/mol. The van der Waals surface area contributed by atoms with Gasteiger partial charge in [0.2, 0.25) is 0 Å². The van der Waals surface area contributed by atoms with Crippen LogP contribution in [0.4, 0.5) is 5.69 Å². The van der Waals surface area contributed by atoms with Crippen molar-refractivity contribution in [1.82, 2.24) is 0 Å². The highest BCUT2D eigenvalue weighted by Crippen LogP contribution is 2.29. The van der Waals surface area contributed by atoms with Crippen LogP contribution in [0.25, 0.3) is 0 Å². The van der Waals surface area contributed by atoms with Crippen LogP contribution >= 0.6 is 0 Å². The Morgan fingerprint density at radius 1 is 1.08 bits per heavy atom. The number of methoxy groups -OCH3 is 2. The Morgan fingerprint density at radius 2 is 1.83 bits per heavy atom. The minimum atomic E-state index is -0.635. The normalized spacial score (nSPS) is 11.5. The summed E-state index contributed by atoms with van der Waals surface area (Å²) >= 11 is 0. The number of carbonyl (C=O) groups excluding carboxylic acids is 1. The third kappa shape index (κ3) is 4.19. The monoisotopic (exact) mass is 329 g/mol. The summed E-state index contributed by atoms with van der Waals surface area (Å²) < 4.78 is 16.3. The van der Waals surface area contributed by atoms with E-state index in [1.54, 1.807) is 39.3 Å². The van der Waals surface area contributed by atoms with Gasteiger partial charge in [-0.3, -0.25) is 4.79 Å². The molecule has 0 unspecified atom stereocenters. The second-order valence-electron chi connectivity index (χ2n) is 5.28. The number of aryl methyl sites for hydroxylation is 1. The summed E-state index contributed by atoms with van der Waals surface area (Å²) in [6.07, 6.45) is 0.209. The molecule has 0 spiro atoms. The van der Waals surface area contributed by atoms with Crippen LogP contribution < -0.4 is 19.5 Å². The molecule has 2 rings (SSSR count). The van der Waals surface area contributed by atoms with E-state index in [2.05, 4.69) is 12.2 Å². The smallest absolute Gasteiger partial charge is 0.265 e. The van der Waals surface area contributed by atoms with Gasteiger partial charge in [-0.15, -0.1) is 0 Å². The second kappa shape index (κ2) is 8.24. The van der Waals surface area contributed by atoms with Gasteiger partial charge in [-0.05, 0) is 37.1 Å². The van der Waals surface area contributed by atoms with Crippen molar-refractivity contribution in [2.75, 3.05) is 19.5 Å². The molecule has 5 heteroatoms. The Labute approximate surface area is 142 Å². The maximum Gasteiger partial charge on any atom is 0.265 e.